The van der Waals surface area contributed by atoms with Crippen LogP contribution in [0.1, 0.15) is 0 Å². The van der Waals surface area contributed by atoms with Crippen LogP contribution in [0.4, 0.5) is 5.69 Å². The number of amides is 1. The summed E-state index contributed by atoms with van der Waals surface area (Å²) < 4.78 is 11.9. The molecule has 1 aliphatic heterocycles. The highest BCUT2D eigenvalue weighted by Gasteiger charge is 2.15. The number of anilines is 1. The van der Waals surface area contributed by atoms with Crippen LogP contribution >= 0.6 is 11.3 Å². The third-order valence-electron chi connectivity index (χ3n) is 4.55. The van der Waals surface area contributed by atoms with E-state index < -0.39 is 0 Å². The number of benzene rings is 2. The molecule has 0 unspecified atom stereocenters. The van der Waals surface area contributed by atoms with Gasteiger partial charge in [0.2, 0.25) is 12.7 Å². The second kappa shape index (κ2) is 7.06. The lowest BCUT2D eigenvalue weighted by molar-refractivity contribution is -0.116. The number of carbonyl (C=O) groups is 1. The third-order valence-corrected chi connectivity index (χ3v) is 5.64. The zero-order valence-corrected chi connectivity index (χ0v) is 15.9. The topological polar surface area (TPSA) is 82.5 Å². The molecule has 0 bridgehead atoms. The standard InChI is InChI=1S/C21H15N3O4S/c25-19(23-14-6-7-16-17(8-14)28-12-27-16)10-24-11-22-20-15(21(24)26)9-18(29-20)13-4-2-1-3-5-13/h1-9,11H,10,12H2,(H,23,25). The Labute approximate surface area is 169 Å². The maximum Gasteiger partial charge on any atom is 0.262 e. The first-order chi connectivity index (χ1) is 14.2. The maximum atomic E-state index is 12.8. The van der Waals surface area contributed by atoms with E-state index in [1.165, 1.54) is 22.2 Å². The van der Waals surface area contributed by atoms with E-state index in [1.54, 1.807) is 18.2 Å². The van der Waals surface area contributed by atoms with E-state index >= 15 is 0 Å². The van der Waals surface area contributed by atoms with Crippen LogP contribution in [-0.2, 0) is 11.3 Å². The van der Waals surface area contributed by atoms with Crippen LogP contribution in [0.2, 0.25) is 0 Å². The smallest absolute Gasteiger partial charge is 0.262 e. The number of nitrogens with one attached hydrogen (secondary N) is 1. The van der Waals surface area contributed by atoms with E-state index in [9.17, 15) is 9.59 Å². The van der Waals surface area contributed by atoms with E-state index in [0.29, 0.717) is 27.4 Å². The molecular formula is C21H15N3O4S. The highest BCUT2D eigenvalue weighted by Crippen LogP contribution is 2.34. The first-order valence-corrected chi connectivity index (χ1v) is 9.73. The molecule has 1 amide bonds. The van der Waals surface area contributed by atoms with Crippen LogP contribution in [0.15, 0.2) is 65.7 Å². The summed E-state index contributed by atoms with van der Waals surface area (Å²) in [5.41, 5.74) is 1.36. The van der Waals surface area contributed by atoms with Crippen molar-refractivity contribution in [1.29, 1.82) is 0 Å². The summed E-state index contributed by atoms with van der Waals surface area (Å²) >= 11 is 1.46. The number of thiophene rings is 1. The van der Waals surface area contributed by atoms with Gasteiger partial charge in [-0.3, -0.25) is 14.2 Å². The van der Waals surface area contributed by atoms with Gasteiger partial charge < -0.3 is 14.8 Å². The molecule has 3 heterocycles. The molecule has 1 aliphatic rings. The minimum absolute atomic E-state index is 0.132. The fourth-order valence-electron chi connectivity index (χ4n) is 3.15. The minimum Gasteiger partial charge on any atom is -0.454 e. The molecule has 0 atom stereocenters. The van der Waals surface area contributed by atoms with Gasteiger partial charge >= 0.3 is 0 Å². The number of nitrogens with zero attached hydrogens (tertiary/aromatic N) is 2. The van der Waals surface area contributed by atoms with E-state index in [4.69, 9.17) is 9.47 Å². The van der Waals surface area contributed by atoms with Gasteiger partial charge in [-0.05, 0) is 23.8 Å². The summed E-state index contributed by atoms with van der Waals surface area (Å²) in [4.78, 5) is 31.2. The lowest BCUT2D eigenvalue weighted by Crippen LogP contribution is -2.27. The predicted octanol–water partition coefficient (Wildman–Crippen LogP) is 3.49. The Hall–Kier alpha value is -3.65. The summed E-state index contributed by atoms with van der Waals surface area (Å²) in [6, 6.07) is 16.8. The molecule has 8 heteroatoms. The van der Waals surface area contributed by atoms with Gasteiger partial charge in [0.15, 0.2) is 11.5 Å². The van der Waals surface area contributed by atoms with Crippen molar-refractivity contribution in [3.63, 3.8) is 0 Å². The molecular weight excluding hydrogens is 390 g/mol. The molecule has 7 nitrogen and oxygen atoms in total. The van der Waals surface area contributed by atoms with Crippen LogP contribution in [0.3, 0.4) is 0 Å². The molecule has 2 aromatic carbocycles. The van der Waals surface area contributed by atoms with Crippen molar-refractivity contribution in [3.05, 3.63) is 71.3 Å². The van der Waals surface area contributed by atoms with Crippen LogP contribution in [0, 0.1) is 0 Å². The summed E-state index contributed by atoms with van der Waals surface area (Å²) in [6.07, 6.45) is 1.41. The molecule has 1 N–H and O–H groups in total. The van der Waals surface area contributed by atoms with Crippen molar-refractivity contribution in [2.75, 3.05) is 12.1 Å². The van der Waals surface area contributed by atoms with Gasteiger partial charge in [0.1, 0.15) is 11.4 Å². The number of ether oxygens (including phenoxy) is 2. The fourth-order valence-corrected chi connectivity index (χ4v) is 4.14. The van der Waals surface area contributed by atoms with E-state index in [1.807, 2.05) is 36.4 Å². The average molecular weight is 405 g/mol. The molecule has 0 saturated carbocycles. The Balaban J connectivity index is 1.38. The van der Waals surface area contributed by atoms with E-state index in [-0.39, 0.29) is 24.8 Å². The summed E-state index contributed by atoms with van der Waals surface area (Å²) in [5.74, 6) is 0.890. The maximum absolute atomic E-state index is 12.8. The monoisotopic (exact) mass is 405 g/mol. The summed E-state index contributed by atoms with van der Waals surface area (Å²) in [5, 5.41) is 3.27. The predicted molar refractivity (Wildman–Crippen MR) is 111 cm³/mol. The molecule has 144 valence electrons. The molecule has 29 heavy (non-hydrogen) atoms. The van der Waals surface area contributed by atoms with Crippen molar-refractivity contribution in [1.82, 2.24) is 9.55 Å². The SMILES string of the molecule is O=C(Cn1cnc2sc(-c3ccccc3)cc2c1=O)Nc1ccc2c(c1)OCO2. The van der Waals surface area contributed by atoms with Crippen molar-refractivity contribution in [3.8, 4) is 21.9 Å². The highest BCUT2D eigenvalue weighted by atomic mass is 32.1. The normalized spacial score (nSPS) is 12.3. The number of carbonyl (C=O) groups excluding carboxylic acids is 1. The molecule has 0 radical (unpaired) electrons. The van der Waals surface area contributed by atoms with Gasteiger partial charge in [-0.2, -0.15) is 0 Å². The number of rotatable bonds is 4. The first kappa shape index (κ1) is 17.4. The Bertz CT molecular complexity index is 1280. The number of aromatic nitrogens is 2. The van der Waals surface area contributed by atoms with Crippen LogP contribution in [0.25, 0.3) is 20.7 Å². The van der Waals surface area contributed by atoms with Crippen LogP contribution < -0.4 is 20.3 Å². The van der Waals surface area contributed by atoms with E-state index in [0.717, 1.165) is 10.4 Å². The van der Waals surface area contributed by atoms with Crippen molar-refractivity contribution in [2.24, 2.45) is 0 Å². The summed E-state index contributed by atoms with van der Waals surface area (Å²) in [7, 11) is 0. The minimum atomic E-state index is -0.328. The highest BCUT2D eigenvalue weighted by molar-refractivity contribution is 7.21. The van der Waals surface area contributed by atoms with Crippen molar-refractivity contribution in [2.45, 2.75) is 6.54 Å². The number of hydrogen-bond donors (Lipinski definition) is 1. The molecule has 0 spiro atoms. The zero-order chi connectivity index (χ0) is 19.8. The lowest BCUT2D eigenvalue weighted by Gasteiger charge is -2.07. The van der Waals surface area contributed by atoms with E-state index in [2.05, 4.69) is 10.3 Å². The van der Waals surface area contributed by atoms with Gasteiger partial charge in [0, 0.05) is 16.6 Å². The lowest BCUT2D eigenvalue weighted by atomic mass is 10.2. The second-order valence-corrected chi connectivity index (χ2v) is 7.52. The number of hydrogen-bond acceptors (Lipinski definition) is 6. The summed E-state index contributed by atoms with van der Waals surface area (Å²) in [6.45, 7) is 0.0339. The average Bonchev–Trinajstić information content (AvgIpc) is 3.38. The quantitative estimate of drug-likeness (QED) is 0.562. The third kappa shape index (κ3) is 3.34. The Morgan fingerprint density at radius 3 is 2.79 bits per heavy atom. The van der Waals surface area contributed by atoms with Crippen LogP contribution in [-0.4, -0.2) is 22.3 Å². The molecule has 0 fully saturated rings. The Morgan fingerprint density at radius 2 is 1.93 bits per heavy atom. The molecule has 5 rings (SSSR count). The second-order valence-electron chi connectivity index (χ2n) is 6.49. The van der Waals surface area contributed by atoms with Gasteiger partial charge in [0.25, 0.3) is 5.56 Å². The fraction of sp³-hybridized carbons (Fsp3) is 0.0952. The van der Waals surface area contributed by atoms with Crippen molar-refractivity contribution >= 4 is 33.1 Å². The van der Waals surface area contributed by atoms with Crippen molar-refractivity contribution < 1.29 is 14.3 Å². The molecule has 0 saturated heterocycles. The first-order valence-electron chi connectivity index (χ1n) is 8.91. The Kier molecular flexibility index (Phi) is 4.25. The van der Waals surface area contributed by atoms with Gasteiger partial charge in [0.05, 0.1) is 11.7 Å². The van der Waals surface area contributed by atoms with Gasteiger partial charge in [-0.15, -0.1) is 11.3 Å². The molecule has 0 aliphatic carbocycles. The molecule has 2 aromatic heterocycles. The Morgan fingerprint density at radius 1 is 1.10 bits per heavy atom. The van der Waals surface area contributed by atoms with Gasteiger partial charge in [-0.1, -0.05) is 30.3 Å². The largest absolute Gasteiger partial charge is 0.454 e. The molecule has 4 aromatic rings. The van der Waals surface area contributed by atoms with Gasteiger partial charge in [-0.25, -0.2) is 4.98 Å². The zero-order valence-electron chi connectivity index (χ0n) is 15.1. The number of fused-ring (bicyclic) bond motifs is 2. The van der Waals surface area contributed by atoms with Crippen LogP contribution in [0.5, 0.6) is 11.5 Å².